The number of benzene rings is 2. The molecule has 2 N–H and O–H groups in total. The minimum absolute atomic E-state index is 0.0363. The van der Waals surface area contributed by atoms with Gasteiger partial charge in [-0.1, -0.05) is 18.2 Å². The molecule has 0 fully saturated rings. The maximum absolute atomic E-state index is 14.6. The van der Waals surface area contributed by atoms with Crippen molar-refractivity contribution >= 4 is 23.7 Å². The molecule has 0 aliphatic carbocycles. The van der Waals surface area contributed by atoms with Crippen molar-refractivity contribution in [3.63, 3.8) is 0 Å². The Hall–Kier alpha value is -3.79. The highest BCUT2D eigenvalue weighted by Gasteiger charge is 2.38. The van der Waals surface area contributed by atoms with Crippen LogP contribution in [0.5, 0.6) is 0 Å². The number of hydrogen-bond acceptors (Lipinski definition) is 5. The Bertz CT molecular complexity index is 1100. The molecule has 0 spiro atoms. The molecule has 1 aliphatic rings. The highest BCUT2D eigenvalue weighted by molar-refractivity contribution is 6.03. The zero-order valence-electron chi connectivity index (χ0n) is 17.9. The van der Waals surface area contributed by atoms with Crippen molar-refractivity contribution in [2.24, 2.45) is 0 Å². The van der Waals surface area contributed by atoms with Gasteiger partial charge < -0.3 is 19.9 Å². The molecule has 1 aliphatic heterocycles. The van der Waals surface area contributed by atoms with Gasteiger partial charge in [-0.25, -0.2) is 18.4 Å². The molecule has 33 heavy (non-hydrogen) atoms. The van der Waals surface area contributed by atoms with E-state index >= 15 is 0 Å². The minimum atomic E-state index is -1.21. The average molecular weight is 460 g/mol. The first-order valence-corrected chi connectivity index (χ1v) is 9.96. The van der Waals surface area contributed by atoms with Gasteiger partial charge in [0.1, 0.15) is 18.2 Å². The number of amides is 2. The van der Waals surface area contributed by atoms with Crippen LogP contribution in [0.25, 0.3) is 0 Å². The van der Waals surface area contributed by atoms with Crippen LogP contribution in [0.2, 0.25) is 0 Å². The van der Waals surface area contributed by atoms with Crippen LogP contribution in [0, 0.1) is 11.6 Å². The standard InChI is InChI=1S/C23H22F2N2O6/c1-13-20(22(30)33-10-9-32-2)21(17-8-5-15(24)12-18(17)25)26-23(31)27(13)16-6-3-14(4-7-16)11-19(28)29/h3-8,12,21H,9-11H2,1-2H3,(H,26,31)(H,28,29)/t21-/m0/s1. The smallest absolute Gasteiger partial charge is 0.338 e. The van der Waals surface area contributed by atoms with E-state index in [0.29, 0.717) is 17.3 Å². The number of aliphatic carboxylic acids is 1. The molecule has 0 aromatic heterocycles. The third kappa shape index (κ3) is 5.35. The number of esters is 1. The van der Waals surface area contributed by atoms with Crippen LogP contribution >= 0.6 is 0 Å². The van der Waals surface area contributed by atoms with Gasteiger partial charge in [-0.05, 0) is 30.7 Å². The van der Waals surface area contributed by atoms with Crippen molar-refractivity contribution < 1.29 is 37.7 Å². The topological polar surface area (TPSA) is 105 Å². The summed E-state index contributed by atoms with van der Waals surface area (Å²) in [7, 11) is 1.44. The number of allylic oxidation sites excluding steroid dienone is 1. The van der Waals surface area contributed by atoms with E-state index in [1.165, 1.54) is 31.1 Å². The third-order valence-electron chi connectivity index (χ3n) is 5.05. The number of rotatable bonds is 8. The molecule has 2 aromatic rings. The van der Waals surface area contributed by atoms with E-state index in [4.69, 9.17) is 14.6 Å². The molecule has 0 bridgehead atoms. The number of carboxylic acid groups (broad SMARTS) is 1. The lowest BCUT2D eigenvalue weighted by Gasteiger charge is -2.35. The summed E-state index contributed by atoms with van der Waals surface area (Å²) < 4.78 is 38.1. The summed E-state index contributed by atoms with van der Waals surface area (Å²) >= 11 is 0. The zero-order valence-corrected chi connectivity index (χ0v) is 17.9. The van der Waals surface area contributed by atoms with E-state index in [1.54, 1.807) is 12.1 Å². The molecule has 0 unspecified atom stereocenters. The van der Waals surface area contributed by atoms with E-state index in [-0.39, 0.29) is 36.5 Å². The van der Waals surface area contributed by atoms with Crippen molar-refractivity contribution in [3.05, 3.63) is 76.5 Å². The SMILES string of the molecule is COCCOC(=O)C1=C(C)N(c2ccc(CC(=O)O)cc2)C(=O)N[C@H]1c1ccc(F)cc1F. The summed E-state index contributed by atoms with van der Waals surface area (Å²) in [5.74, 6) is -3.53. The fourth-order valence-electron chi connectivity index (χ4n) is 3.52. The number of carbonyl (C=O) groups is 3. The van der Waals surface area contributed by atoms with Gasteiger partial charge in [0.2, 0.25) is 0 Å². The molecular formula is C23H22F2N2O6. The second-order valence-electron chi connectivity index (χ2n) is 7.25. The number of methoxy groups -OCH3 is 1. The number of ether oxygens (including phenoxy) is 2. The van der Waals surface area contributed by atoms with Crippen LogP contribution in [0.15, 0.2) is 53.7 Å². The average Bonchev–Trinajstić information content (AvgIpc) is 2.74. The highest BCUT2D eigenvalue weighted by atomic mass is 19.1. The number of nitrogens with one attached hydrogen (secondary N) is 1. The summed E-state index contributed by atoms with van der Waals surface area (Å²) in [6.07, 6.45) is -0.190. The summed E-state index contributed by atoms with van der Waals surface area (Å²) in [5, 5.41) is 11.5. The Morgan fingerprint density at radius 1 is 1.12 bits per heavy atom. The number of carbonyl (C=O) groups excluding carboxylic acids is 2. The lowest BCUT2D eigenvalue weighted by molar-refractivity contribution is -0.141. The highest BCUT2D eigenvalue weighted by Crippen LogP contribution is 2.35. The Morgan fingerprint density at radius 2 is 1.82 bits per heavy atom. The van der Waals surface area contributed by atoms with E-state index in [2.05, 4.69) is 5.32 Å². The summed E-state index contributed by atoms with van der Waals surface area (Å²) in [6, 6.07) is 7.15. The zero-order chi connectivity index (χ0) is 24.1. The second kappa shape index (κ2) is 10.2. The van der Waals surface area contributed by atoms with Crippen molar-refractivity contribution in [2.45, 2.75) is 19.4 Å². The molecule has 2 amide bonds. The molecular weight excluding hydrogens is 438 g/mol. The molecule has 2 aromatic carbocycles. The van der Waals surface area contributed by atoms with Crippen LogP contribution in [0.3, 0.4) is 0 Å². The van der Waals surface area contributed by atoms with Gasteiger partial charge in [0.05, 0.1) is 30.3 Å². The van der Waals surface area contributed by atoms with Gasteiger partial charge in [-0.2, -0.15) is 0 Å². The van der Waals surface area contributed by atoms with Crippen LogP contribution in [-0.4, -0.2) is 43.4 Å². The Morgan fingerprint density at radius 3 is 2.42 bits per heavy atom. The number of anilines is 1. The lowest BCUT2D eigenvalue weighted by Crippen LogP contribution is -2.48. The van der Waals surface area contributed by atoms with Gasteiger partial charge in [-0.15, -0.1) is 0 Å². The largest absolute Gasteiger partial charge is 0.481 e. The Kier molecular flexibility index (Phi) is 7.39. The summed E-state index contributed by atoms with van der Waals surface area (Å²) in [4.78, 5) is 38.0. The minimum Gasteiger partial charge on any atom is -0.481 e. The van der Waals surface area contributed by atoms with Crippen molar-refractivity contribution in [1.29, 1.82) is 0 Å². The van der Waals surface area contributed by atoms with Crippen LogP contribution < -0.4 is 10.2 Å². The van der Waals surface area contributed by atoms with Crippen LogP contribution in [0.1, 0.15) is 24.1 Å². The van der Waals surface area contributed by atoms with E-state index in [9.17, 15) is 23.2 Å². The van der Waals surface area contributed by atoms with Crippen molar-refractivity contribution in [2.75, 3.05) is 25.2 Å². The maximum Gasteiger partial charge on any atom is 0.338 e. The Balaban J connectivity index is 2.05. The van der Waals surface area contributed by atoms with Crippen molar-refractivity contribution in [3.8, 4) is 0 Å². The third-order valence-corrected chi connectivity index (χ3v) is 5.05. The first-order valence-electron chi connectivity index (χ1n) is 9.96. The van der Waals surface area contributed by atoms with Crippen LogP contribution in [-0.2, 0) is 25.5 Å². The molecule has 0 radical (unpaired) electrons. The molecule has 3 rings (SSSR count). The number of hydrogen-bond donors (Lipinski definition) is 2. The van der Waals surface area contributed by atoms with Crippen LogP contribution in [0.4, 0.5) is 19.3 Å². The fraction of sp³-hybridized carbons (Fsp3) is 0.261. The first kappa shape index (κ1) is 23.9. The molecule has 0 saturated heterocycles. The predicted octanol–water partition coefficient (Wildman–Crippen LogP) is 3.33. The Labute approximate surface area is 188 Å². The number of urea groups is 1. The molecule has 1 atom stereocenters. The number of nitrogens with zero attached hydrogens (tertiary/aromatic N) is 1. The van der Waals surface area contributed by atoms with Crippen molar-refractivity contribution in [1.82, 2.24) is 5.32 Å². The number of halogens is 2. The van der Waals surface area contributed by atoms with Gasteiger partial charge in [0, 0.05) is 24.4 Å². The fourth-order valence-corrected chi connectivity index (χ4v) is 3.52. The molecule has 10 heteroatoms. The summed E-state index contributed by atoms with van der Waals surface area (Å²) in [6.45, 7) is 1.57. The normalized spacial score (nSPS) is 15.9. The molecule has 0 saturated carbocycles. The van der Waals surface area contributed by atoms with E-state index in [0.717, 1.165) is 12.1 Å². The van der Waals surface area contributed by atoms with Gasteiger partial charge in [0.15, 0.2) is 0 Å². The number of carboxylic acids is 1. The lowest BCUT2D eigenvalue weighted by atomic mass is 9.94. The second-order valence-corrected chi connectivity index (χ2v) is 7.25. The first-order chi connectivity index (χ1) is 15.7. The summed E-state index contributed by atoms with van der Waals surface area (Å²) in [5.41, 5.74) is 0.932. The van der Waals surface area contributed by atoms with Gasteiger partial charge in [-0.3, -0.25) is 9.69 Å². The quantitative estimate of drug-likeness (QED) is 0.463. The molecule has 174 valence electrons. The van der Waals surface area contributed by atoms with Gasteiger partial charge >= 0.3 is 18.0 Å². The maximum atomic E-state index is 14.6. The van der Waals surface area contributed by atoms with E-state index in [1.807, 2.05) is 0 Å². The van der Waals surface area contributed by atoms with Gasteiger partial charge in [0.25, 0.3) is 0 Å². The van der Waals surface area contributed by atoms with E-state index < -0.39 is 35.6 Å². The molecule has 1 heterocycles. The monoisotopic (exact) mass is 460 g/mol. The predicted molar refractivity (Wildman–Crippen MR) is 113 cm³/mol. The molecule has 8 nitrogen and oxygen atoms in total.